The smallest absolute Gasteiger partial charge is 0.0235 e. The molecule has 3 rings (SSSR count). The topological polar surface area (TPSA) is 32.5 Å². The highest BCUT2D eigenvalue weighted by molar-refractivity contribution is 4.87. The Bertz CT molecular complexity index is 262. The van der Waals surface area contributed by atoms with Crippen LogP contribution in [0, 0.1) is 5.92 Å². The van der Waals surface area contributed by atoms with E-state index in [1.54, 1.807) is 0 Å². The zero-order valence-corrected chi connectivity index (χ0v) is 11.7. The van der Waals surface area contributed by atoms with Gasteiger partial charge >= 0.3 is 0 Å². The summed E-state index contributed by atoms with van der Waals surface area (Å²) in [5.74, 6) is 0.889. The molecular weight excluding hydrogens is 222 g/mol. The van der Waals surface area contributed by atoms with Crippen LogP contribution >= 0.6 is 0 Å². The van der Waals surface area contributed by atoms with Crippen LogP contribution in [0.3, 0.4) is 0 Å². The van der Waals surface area contributed by atoms with Gasteiger partial charge in [0.15, 0.2) is 0 Å². The van der Waals surface area contributed by atoms with Crippen molar-refractivity contribution in [1.82, 2.24) is 9.80 Å². The van der Waals surface area contributed by atoms with Crippen LogP contribution in [0.15, 0.2) is 0 Å². The zero-order valence-electron chi connectivity index (χ0n) is 11.7. The number of hydrogen-bond acceptors (Lipinski definition) is 3. The molecule has 3 nitrogen and oxygen atoms in total. The standard InChI is InChI=1S/C15H29N3/c16-14-5-4-13(10-14)11-17-9-6-15(12-17)18-7-2-1-3-8-18/h13-15H,1-12,16H2. The fraction of sp³-hybridized carbons (Fsp3) is 1.00. The van der Waals surface area contributed by atoms with Gasteiger partial charge in [0.05, 0.1) is 0 Å². The van der Waals surface area contributed by atoms with Gasteiger partial charge in [-0.25, -0.2) is 0 Å². The van der Waals surface area contributed by atoms with Crippen LogP contribution in [0.25, 0.3) is 0 Å². The Balaban J connectivity index is 1.43. The molecule has 0 radical (unpaired) electrons. The summed E-state index contributed by atoms with van der Waals surface area (Å²) in [5, 5.41) is 0. The van der Waals surface area contributed by atoms with Crippen LogP contribution in [-0.2, 0) is 0 Å². The van der Waals surface area contributed by atoms with Crippen molar-refractivity contribution >= 4 is 0 Å². The number of rotatable bonds is 3. The molecule has 0 aromatic rings. The summed E-state index contributed by atoms with van der Waals surface area (Å²) < 4.78 is 0. The number of hydrogen-bond donors (Lipinski definition) is 1. The number of nitrogens with zero attached hydrogens (tertiary/aromatic N) is 2. The molecule has 0 bridgehead atoms. The highest BCUT2D eigenvalue weighted by Crippen LogP contribution is 2.27. The van der Waals surface area contributed by atoms with Gasteiger partial charge in [-0.1, -0.05) is 6.42 Å². The Hall–Kier alpha value is -0.120. The molecule has 18 heavy (non-hydrogen) atoms. The predicted molar refractivity (Wildman–Crippen MR) is 75.6 cm³/mol. The molecule has 2 aliphatic heterocycles. The lowest BCUT2D eigenvalue weighted by atomic mass is 10.1. The Kier molecular flexibility index (Phi) is 4.22. The van der Waals surface area contributed by atoms with Crippen LogP contribution in [0.4, 0.5) is 0 Å². The Morgan fingerprint density at radius 2 is 1.78 bits per heavy atom. The molecule has 1 saturated carbocycles. The highest BCUT2D eigenvalue weighted by atomic mass is 15.3. The van der Waals surface area contributed by atoms with Crippen molar-refractivity contribution in [2.45, 2.75) is 57.0 Å². The molecule has 104 valence electrons. The zero-order chi connectivity index (χ0) is 12.4. The quantitative estimate of drug-likeness (QED) is 0.828. The Morgan fingerprint density at radius 1 is 0.944 bits per heavy atom. The van der Waals surface area contributed by atoms with Crippen LogP contribution in [0.5, 0.6) is 0 Å². The molecule has 3 heteroatoms. The molecule has 2 N–H and O–H groups in total. The van der Waals surface area contributed by atoms with E-state index in [9.17, 15) is 0 Å². The largest absolute Gasteiger partial charge is 0.328 e. The van der Waals surface area contributed by atoms with Crippen molar-refractivity contribution in [2.24, 2.45) is 11.7 Å². The molecule has 0 spiro atoms. The summed E-state index contributed by atoms with van der Waals surface area (Å²) in [6.45, 7) is 6.68. The summed E-state index contributed by atoms with van der Waals surface area (Å²) in [4.78, 5) is 5.46. The van der Waals surface area contributed by atoms with Gasteiger partial charge in [0.25, 0.3) is 0 Å². The fourth-order valence-corrected chi connectivity index (χ4v) is 4.20. The molecule has 0 aromatic carbocycles. The number of piperidine rings is 1. The van der Waals surface area contributed by atoms with Crippen molar-refractivity contribution in [3.05, 3.63) is 0 Å². The minimum Gasteiger partial charge on any atom is -0.328 e. The Morgan fingerprint density at radius 3 is 2.50 bits per heavy atom. The van der Waals surface area contributed by atoms with E-state index >= 15 is 0 Å². The van der Waals surface area contributed by atoms with E-state index in [1.165, 1.54) is 77.7 Å². The van der Waals surface area contributed by atoms with Crippen molar-refractivity contribution in [1.29, 1.82) is 0 Å². The van der Waals surface area contributed by atoms with Crippen molar-refractivity contribution < 1.29 is 0 Å². The summed E-state index contributed by atoms with van der Waals surface area (Å²) in [5.41, 5.74) is 6.02. The first-order chi connectivity index (χ1) is 8.81. The second kappa shape index (κ2) is 5.89. The second-order valence-corrected chi connectivity index (χ2v) is 6.74. The van der Waals surface area contributed by atoms with E-state index < -0.39 is 0 Å². The van der Waals surface area contributed by atoms with Crippen LogP contribution in [0.1, 0.15) is 44.9 Å². The Labute approximate surface area is 112 Å². The maximum Gasteiger partial charge on any atom is 0.0235 e. The minimum atomic E-state index is 0.496. The van der Waals surface area contributed by atoms with Crippen molar-refractivity contribution in [2.75, 3.05) is 32.7 Å². The van der Waals surface area contributed by atoms with Gasteiger partial charge in [-0.3, -0.25) is 4.90 Å². The maximum atomic E-state index is 6.02. The monoisotopic (exact) mass is 251 g/mol. The van der Waals surface area contributed by atoms with Crippen LogP contribution in [0.2, 0.25) is 0 Å². The van der Waals surface area contributed by atoms with Crippen LogP contribution in [-0.4, -0.2) is 54.6 Å². The lowest BCUT2D eigenvalue weighted by Crippen LogP contribution is -2.41. The number of nitrogens with two attached hydrogens (primary N) is 1. The predicted octanol–water partition coefficient (Wildman–Crippen LogP) is 1.67. The molecule has 3 unspecified atom stereocenters. The van der Waals surface area contributed by atoms with Gasteiger partial charge in [0, 0.05) is 25.2 Å². The maximum absolute atomic E-state index is 6.02. The van der Waals surface area contributed by atoms with Gasteiger partial charge in [0.2, 0.25) is 0 Å². The van der Waals surface area contributed by atoms with E-state index in [-0.39, 0.29) is 0 Å². The van der Waals surface area contributed by atoms with Gasteiger partial charge in [0.1, 0.15) is 0 Å². The third kappa shape index (κ3) is 3.06. The molecule has 3 aliphatic rings. The van der Waals surface area contributed by atoms with Crippen molar-refractivity contribution in [3.63, 3.8) is 0 Å². The summed E-state index contributed by atoms with van der Waals surface area (Å²) in [6, 6.07) is 1.36. The number of likely N-dealkylation sites (tertiary alicyclic amines) is 2. The molecule has 1 aliphatic carbocycles. The molecule has 2 heterocycles. The first-order valence-corrected chi connectivity index (χ1v) is 8.03. The van der Waals surface area contributed by atoms with E-state index in [2.05, 4.69) is 9.80 Å². The average molecular weight is 251 g/mol. The van der Waals surface area contributed by atoms with Gasteiger partial charge in [-0.05, 0) is 64.1 Å². The normalized spacial score (nSPS) is 39.5. The molecule has 2 saturated heterocycles. The molecule has 0 amide bonds. The minimum absolute atomic E-state index is 0.496. The highest BCUT2D eigenvalue weighted by Gasteiger charge is 2.31. The van der Waals surface area contributed by atoms with Crippen LogP contribution < -0.4 is 5.73 Å². The van der Waals surface area contributed by atoms with Crippen molar-refractivity contribution in [3.8, 4) is 0 Å². The lowest BCUT2D eigenvalue weighted by Gasteiger charge is -2.32. The van der Waals surface area contributed by atoms with Gasteiger partial charge < -0.3 is 10.6 Å². The van der Waals surface area contributed by atoms with Gasteiger partial charge in [-0.2, -0.15) is 0 Å². The first kappa shape index (κ1) is 12.9. The SMILES string of the molecule is NC1CCC(CN2CCC(N3CCCCC3)C2)C1. The fourth-order valence-electron chi connectivity index (χ4n) is 4.20. The summed E-state index contributed by atoms with van der Waals surface area (Å²) >= 11 is 0. The third-order valence-corrected chi connectivity index (χ3v) is 5.25. The summed E-state index contributed by atoms with van der Waals surface area (Å²) in [7, 11) is 0. The first-order valence-electron chi connectivity index (χ1n) is 8.03. The second-order valence-electron chi connectivity index (χ2n) is 6.74. The van der Waals surface area contributed by atoms with Gasteiger partial charge in [-0.15, -0.1) is 0 Å². The van der Waals surface area contributed by atoms with E-state index in [0.29, 0.717) is 6.04 Å². The average Bonchev–Trinajstić information content (AvgIpc) is 3.01. The third-order valence-electron chi connectivity index (χ3n) is 5.25. The van der Waals surface area contributed by atoms with E-state index in [0.717, 1.165) is 12.0 Å². The van der Waals surface area contributed by atoms with E-state index in [4.69, 9.17) is 5.73 Å². The molecular formula is C15H29N3. The lowest BCUT2D eigenvalue weighted by molar-refractivity contribution is 0.158. The molecule has 3 atom stereocenters. The molecule has 3 fully saturated rings. The molecule has 0 aromatic heterocycles. The summed E-state index contributed by atoms with van der Waals surface area (Å²) in [6.07, 6.45) is 9.60. The van der Waals surface area contributed by atoms with E-state index in [1.807, 2.05) is 0 Å².